The quantitative estimate of drug-likeness (QED) is 0.826. The van der Waals surface area contributed by atoms with E-state index in [1.165, 1.54) is 0 Å². The van der Waals surface area contributed by atoms with Crippen molar-refractivity contribution in [2.75, 3.05) is 0 Å². The molecule has 90 valence electrons. The van der Waals surface area contributed by atoms with E-state index >= 15 is 0 Å². The van der Waals surface area contributed by atoms with Gasteiger partial charge in [0.05, 0.1) is 18.4 Å². The molecule has 0 radical (unpaired) electrons. The molecule has 0 aromatic carbocycles. The number of rotatable bonds is 2. The second kappa shape index (κ2) is 4.18. The Morgan fingerprint density at radius 1 is 1.38 bits per heavy atom. The van der Waals surface area contributed by atoms with E-state index in [0.29, 0.717) is 17.9 Å². The fourth-order valence-electron chi connectivity index (χ4n) is 2.75. The number of nitrogens with zero attached hydrogens (tertiary/aromatic N) is 2. The molecule has 1 saturated heterocycles. The summed E-state index contributed by atoms with van der Waals surface area (Å²) in [5.41, 5.74) is 7.42. The van der Waals surface area contributed by atoms with E-state index in [9.17, 15) is 0 Å². The Morgan fingerprint density at radius 3 is 2.50 bits per heavy atom. The third kappa shape index (κ3) is 1.87. The standard InChI is InChI=1S/C12H21N3O/c1-7-8(2)16-9(3)11(7)12(13)10-5-14-15(4)6-10/h5-9,11-12H,13H2,1-4H3. The van der Waals surface area contributed by atoms with E-state index in [1.807, 2.05) is 19.4 Å². The van der Waals surface area contributed by atoms with Crippen molar-refractivity contribution < 1.29 is 4.74 Å². The van der Waals surface area contributed by atoms with Crippen molar-refractivity contribution in [1.82, 2.24) is 9.78 Å². The Morgan fingerprint density at radius 2 is 2.06 bits per heavy atom. The molecule has 0 saturated carbocycles. The molecule has 2 N–H and O–H groups in total. The predicted octanol–water partition coefficient (Wildman–Crippen LogP) is 1.48. The molecule has 0 bridgehead atoms. The van der Waals surface area contributed by atoms with Gasteiger partial charge in [0.2, 0.25) is 0 Å². The van der Waals surface area contributed by atoms with Crippen LogP contribution in [0.5, 0.6) is 0 Å². The SMILES string of the molecule is CC1OC(C)C(C(N)c2cnn(C)c2)C1C. The Bertz CT molecular complexity index is 363. The van der Waals surface area contributed by atoms with Gasteiger partial charge in [0.25, 0.3) is 0 Å². The van der Waals surface area contributed by atoms with Gasteiger partial charge in [-0.25, -0.2) is 0 Å². The normalized spacial score (nSPS) is 36.6. The van der Waals surface area contributed by atoms with Gasteiger partial charge in [-0.15, -0.1) is 0 Å². The molecular weight excluding hydrogens is 202 g/mol. The highest BCUT2D eigenvalue weighted by atomic mass is 16.5. The van der Waals surface area contributed by atoms with E-state index in [4.69, 9.17) is 10.5 Å². The molecule has 1 fully saturated rings. The summed E-state index contributed by atoms with van der Waals surface area (Å²) >= 11 is 0. The number of ether oxygens (including phenoxy) is 1. The van der Waals surface area contributed by atoms with Crippen molar-refractivity contribution in [3.05, 3.63) is 18.0 Å². The number of nitrogens with two attached hydrogens (primary N) is 1. The zero-order valence-corrected chi connectivity index (χ0v) is 10.4. The lowest BCUT2D eigenvalue weighted by Gasteiger charge is -2.24. The number of hydrogen-bond acceptors (Lipinski definition) is 3. The molecule has 1 aromatic heterocycles. The summed E-state index contributed by atoms with van der Waals surface area (Å²) in [5.74, 6) is 0.865. The molecule has 4 heteroatoms. The van der Waals surface area contributed by atoms with Crippen LogP contribution in [0.3, 0.4) is 0 Å². The number of aryl methyl sites for hydroxylation is 1. The van der Waals surface area contributed by atoms with Crippen LogP contribution in [0.2, 0.25) is 0 Å². The van der Waals surface area contributed by atoms with Crippen molar-refractivity contribution >= 4 is 0 Å². The molecule has 1 aliphatic heterocycles. The van der Waals surface area contributed by atoms with Crippen LogP contribution in [-0.2, 0) is 11.8 Å². The van der Waals surface area contributed by atoms with Gasteiger partial charge < -0.3 is 10.5 Å². The topological polar surface area (TPSA) is 53.1 Å². The van der Waals surface area contributed by atoms with Crippen LogP contribution >= 0.6 is 0 Å². The molecule has 2 heterocycles. The van der Waals surface area contributed by atoms with Crippen LogP contribution in [0.4, 0.5) is 0 Å². The van der Waals surface area contributed by atoms with Crippen LogP contribution in [0.25, 0.3) is 0 Å². The first-order valence-electron chi connectivity index (χ1n) is 5.90. The van der Waals surface area contributed by atoms with Gasteiger partial charge in [-0.05, 0) is 19.8 Å². The second-order valence-corrected chi connectivity index (χ2v) is 4.96. The lowest BCUT2D eigenvalue weighted by Crippen LogP contribution is -2.30. The highest BCUT2D eigenvalue weighted by Crippen LogP contribution is 2.39. The maximum atomic E-state index is 6.32. The minimum atomic E-state index is 0.0173. The van der Waals surface area contributed by atoms with Crippen LogP contribution in [0.1, 0.15) is 32.4 Å². The number of hydrogen-bond donors (Lipinski definition) is 1. The number of aromatic nitrogens is 2. The summed E-state index contributed by atoms with van der Waals surface area (Å²) < 4.78 is 7.62. The maximum absolute atomic E-state index is 6.32. The van der Waals surface area contributed by atoms with Crippen molar-refractivity contribution in [1.29, 1.82) is 0 Å². The summed E-state index contributed by atoms with van der Waals surface area (Å²) in [7, 11) is 1.91. The molecule has 16 heavy (non-hydrogen) atoms. The smallest absolute Gasteiger partial charge is 0.0600 e. The largest absolute Gasteiger partial charge is 0.375 e. The fraction of sp³-hybridized carbons (Fsp3) is 0.750. The molecule has 0 amide bonds. The summed E-state index contributed by atoms with van der Waals surface area (Å²) in [6, 6.07) is 0.0173. The highest BCUT2D eigenvalue weighted by molar-refractivity contribution is 5.13. The Hall–Kier alpha value is -0.870. The van der Waals surface area contributed by atoms with Crippen molar-refractivity contribution in [2.45, 2.75) is 39.0 Å². The van der Waals surface area contributed by atoms with E-state index in [2.05, 4.69) is 25.9 Å². The molecule has 5 atom stereocenters. The zero-order chi connectivity index (χ0) is 11.9. The fourth-order valence-corrected chi connectivity index (χ4v) is 2.75. The van der Waals surface area contributed by atoms with Crippen LogP contribution in [-0.4, -0.2) is 22.0 Å². The van der Waals surface area contributed by atoms with Gasteiger partial charge in [-0.1, -0.05) is 6.92 Å². The average molecular weight is 223 g/mol. The van der Waals surface area contributed by atoms with Gasteiger partial charge in [0.15, 0.2) is 0 Å². The van der Waals surface area contributed by atoms with Gasteiger partial charge in [0.1, 0.15) is 0 Å². The Balaban J connectivity index is 2.18. The van der Waals surface area contributed by atoms with Gasteiger partial charge in [-0.2, -0.15) is 5.10 Å². The minimum absolute atomic E-state index is 0.0173. The second-order valence-electron chi connectivity index (χ2n) is 4.96. The predicted molar refractivity (Wildman–Crippen MR) is 62.8 cm³/mol. The first kappa shape index (κ1) is 11.6. The monoisotopic (exact) mass is 223 g/mol. The minimum Gasteiger partial charge on any atom is -0.375 e. The summed E-state index contributed by atoms with van der Waals surface area (Å²) in [6.07, 6.45) is 4.36. The van der Waals surface area contributed by atoms with E-state index in [1.54, 1.807) is 4.68 Å². The third-order valence-electron chi connectivity index (χ3n) is 3.84. The highest BCUT2D eigenvalue weighted by Gasteiger charge is 2.41. The Labute approximate surface area is 96.8 Å². The molecule has 2 rings (SSSR count). The Kier molecular flexibility index (Phi) is 3.04. The molecule has 4 nitrogen and oxygen atoms in total. The van der Waals surface area contributed by atoms with Crippen molar-refractivity contribution in [2.24, 2.45) is 24.6 Å². The van der Waals surface area contributed by atoms with Crippen molar-refractivity contribution in [3.63, 3.8) is 0 Å². The van der Waals surface area contributed by atoms with Gasteiger partial charge in [-0.3, -0.25) is 4.68 Å². The first-order valence-corrected chi connectivity index (χ1v) is 5.90. The van der Waals surface area contributed by atoms with Gasteiger partial charge >= 0.3 is 0 Å². The van der Waals surface area contributed by atoms with Crippen molar-refractivity contribution in [3.8, 4) is 0 Å². The van der Waals surface area contributed by atoms with E-state index in [-0.39, 0.29) is 12.1 Å². The molecule has 5 unspecified atom stereocenters. The van der Waals surface area contributed by atoms with Gasteiger partial charge in [0, 0.05) is 30.8 Å². The van der Waals surface area contributed by atoms with E-state index < -0.39 is 0 Å². The van der Waals surface area contributed by atoms with Crippen LogP contribution in [0, 0.1) is 11.8 Å². The average Bonchev–Trinajstić information content (AvgIpc) is 2.73. The van der Waals surface area contributed by atoms with Crippen LogP contribution < -0.4 is 5.73 Å². The maximum Gasteiger partial charge on any atom is 0.0600 e. The molecule has 1 aliphatic rings. The first-order chi connectivity index (χ1) is 7.50. The van der Waals surface area contributed by atoms with E-state index in [0.717, 1.165) is 5.56 Å². The summed E-state index contributed by atoms with van der Waals surface area (Å²) in [6.45, 7) is 6.45. The third-order valence-corrected chi connectivity index (χ3v) is 3.84. The molecular formula is C12H21N3O. The molecule has 1 aromatic rings. The molecule has 0 aliphatic carbocycles. The summed E-state index contributed by atoms with van der Waals surface area (Å²) in [5, 5.41) is 4.17. The lowest BCUT2D eigenvalue weighted by molar-refractivity contribution is 0.0489. The molecule has 0 spiro atoms. The lowest BCUT2D eigenvalue weighted by atomic mass is 9.82. The summed E-state index contributed by atoms with van der Waals surface area (Å²) in [4.78, 5) is 0. The zero-order valence-electron chi connectivity index (χ0n) is 10.4. The van der Waals surface area contributed by atoms with Crippen LogP contribution in [0.15, 0.2) is 12.4 Å².